The summed E-state index contributed by atoms with van der Waals surface area (Å²) >= 11 is 0. The van der Waals surface area contributed by atoms with Crippen LogP contribution in [0.2, 0.25) is 0 Å². The minimum atomic E-state index is -4.63. The summed E-state index contributed by atoms with van der Waals surface area (Å²) in [6.45, 7) is -1.61. The third kappa shape index (κ3) is 5.39. The van der Waals surface area contributed by atoms with Gasteiger partial charge in [0.2, 0.25) is 11.8 Å². The van der Waals surface area contributed by atoms with Crippen molar-refractivity contribution in [2.24, 2.45) is 11.8 Å². The number of nitrogens with zero attached hydrogens (tertiary/aromatic N) is 2. The van der Waals surface area contributed by atoms with Gasteiger partial charge >= 0.3 is 6.18 Å². The molecular formula is C23H22F4N4O3S. The lowest BCUT2D eigenvalue weighted by Crippen LogP contribution is -2.49. The van der Waals surface area contributed by atoms with Crippen LogP contribution in [0.25, 0.3) is 22.9 Å². The molecule has 0 saturated heterocycles. The van der Waals surface area contributed by atoms with Crippen LogP contribution in [0.4, 0.5) is 17.6 Å². The molecule has 0 spiro atoms. The summed E-state index contributed by atoms with van der Waals surface area (Å²) in [7, 11) is -4.30. The molecule has 2 N–H and O–H groups in total. The summed E-state index contributed by atoms with van der Waals surface area (Å²) in [5, 5.41) is 8.15. The highest BCUT2D eigenvalue weighted by Crippen LogP contribution is 2.41. The zero-order valence-corrected chi connectivity index (χ0v) is 19.2. The smallest absolute Gasteiger partial charge is 0.402 e. The lowest BCUT2D eigenvalue weighted by atomic mass is 9.92. The van der Waals surface area contributed by atoms with Crippen molar-refractivity contribution in [3.05, 3.63) is 59.4 Å². The topological polar surface area (TPSA) is 97.1 Å². The van der Waals surface area contributed by atoms with Crippen molar-refractivity contribution in [3.63, 3.8) is 0 Å². The molecule has 12 heteroatoms. The van der Waals surface area contributed by atoms with E-state index < -0.39 is 29.0 Å². The number of halogens is 4. The molecule has 7 nitrogen and oxygen atoms in total. The van der Waals surface area contributed by atoms with Gasteiger partial charge in [-0.2, -0.15) is 31.0 Å². The SMILES string of the molecule is O=S(=O)(NCC(F)(F)F)N[C@H]1[C@@H]2CC[C@H]1Cc1ccc(-c3nnc(-c4ccc(F)cc4)o3)cc1C2. The van der Waals surface area contributed by atoms with Gasteiger partial charge in [-0.05, 0) is 85.0 Å². The number of hydrogen-bond acceptors (Lipinski definition) is 5. The van der Waals surface area contributed by atoms with Gasteiger partial charge in [-0.1, -0.05) is 6.07 Å². The monoisotopic (exact) mass is 510 g/mol. The maximum absolute atomic E-state index is 13.2. The van der Waals surface area contributed by atoms with Crippen LogP contribution in [-0.2, 0) is 23.1 Å². The van der Waals surface area contributed by atoms with Crippen LogP contribution in [0.15, 0.2) is 46.9 Å². The Bertz CT molecular complexity index is 1330. The molecule has 3 atom stereocenters. The molecule has 2 aliphatic carbocycles. The van der Waals surface area contributed by atoms with E-state index in [0.717, 1.165) is 24.0 Å². The van der Waals surface area contributed by atoms with E-state index >= 15 is 0 Å². The molecule has 186 valence electrons. The predicted octanol–water partition coefficient (Wildman–Crippen LogP) is 4.02. The minimum absolute atomic E-state index is 0.0111. The average Bonchev–Trinajstić information content (AvgIpc) is 3.37. The summed E-state index contributed by atoms with van der Waals surface area (Å²) in [5.41, 5.74) is 3.37. The number of nitrogens with one attached hydrogen (secondary N) is 2. The van der Waals surface area contributed by atoms with E-state index in [0.29, 0.717) is 29.9 Å². The first-order valence-electron chi connectivity index (χ1n) is 11.1. The molecule has 3 aromatic rings. The summed E-state index contributed by atoms with van der Waals surface area (Å²) in [6.07, 6.45) is -1.87. The highest BCUT2D eigenvalue weighted by Gasteiger charge is 2.41. The zero-order valence-electron chi connectivity index (χ0n) is 18.3. The number of benzene rings is 2. The van der Waals surface area contributed by atoms with Gasteiger partial charge in [-0.3, -0.25) is 0 Å². The van der Waals surface area contributed by atoms with Crippen LogP contribution in [0.3, 0.4) is 0 Å². The standard InChI is InChI=1S/C23H22F4N4O3S/c24-19-7-5-13(6-8-19)21-29-30-22(34-21)17-4-1-14-9-15-2-3-16(10-18(14)11-17)20(15)31-35(32,33)28-12-23(25,26)27/h1,4-8,11,15-16,20,28,31H,2-3,9-10,12H2/t15-,16+,20+/m0/s1. The maximum Gasteiger partial charge on any atom is 0.402 e. The van der Waals surface area contributed by atoms with E-state index in [1.54, 1.807) is 16.9 Å². The summed E-state index contributed by atoms with van der Waals surface area (Å²) < 4.78 is 85.0. The Labute approximate surface area is 199 Å². The van der Waals surface area contributed by atoms with Crippen molar-refractivity contribution >= 4 is 10.2 Å². The average molecular weight is 511 g/mol. The molecule has 0 aliphatic heterocycles. The Hall–Kier alpha value is -2.83. The first kappa shape index (κ1) is 23.9. The summed E-state index contributed by atoms with van der Waals surface area (Å²) in [5.74, 6) is 0.134. The highest BCUT2D eigenvalue weighted by molar-refractivity contribution is 7.87. The highest BCUT2D eigenvalue weighted by atomic mass is 32.2. The second-order valence-electron chi connectivity index (χ2n) is 8.99. The third-order valence-electron chi connectivity index (χ3n) is 6.61. The second-order valence-corrected chi connectivity index (χ2v) is 10.5. The number of alkyl halides is 3. The second kappa shape index (κ2) is 8.99. The molecule has 2 aliphatic rings. The van der Waals surface area contributed by atoms with Crippen LogP contribution < -0.4 is 9.44 Å². The molecule has 2 bridgehead atoms. The minimum Gasteiger partial charge on any atom is -0.416 e. The van der Waals surface area contributed by atoms with Crippen LogP contribution in [0.5, 0.6) is 0 Å². The van der Waals surface area contributed by atoms with Crippen LogP contribution in [0, 0.1) is 17.7 Å². The third-order valence-corrected chi connectivity index (χ3v) is 7.72. The van der Waals surface area contributed by atoms with Crippen LogP contribution in [0.1, 0.15) is 24.0 Å². The Morgan fingerprint density at radius 1 is 0.914 bits per heavy atom. The van der Waals surface area contributed by atoms with Gasteiger partial charge < -0.3 is 4.42 Å². The number of fused-ring (bicyclic) bond motifs is 3. The van der Waals surface area contributed by atoms with E-state index in [-0.39, 0.29) is 23.5 Å². The molecule has 0 radical (unpaired) electrons. The van der Waals surface area contributed by atoms with Gasteiger partial charge in [-0.15, -0.1) is 10.2 Å². The van der Waals surface area contributed by atoms with Crippen molar-refractivity contribution in [3.8, 4) is 22.9 Å². The van der Waals surface area contributed by atoms with Gasteiger partial charge in [0.15, 0.2) is 0 Å². The molecule has 0 amide bonds. The largest absolute Gasteiger partial charge is 0.416 e. The van der Waals surface area contributed by atoms with Gasteiger partial charge in [-0.25, -0.2) is 4.39 Å². The first-order chi connectivity index (χ1) is 16.6. The Morgan fingerprint density at radius 2 is 1.51 bits per heavy atom. The normalized spacial score (nSPS) is 22.1. The Kier molecular flexibility index (Phi) is 6.14. The van der Waals surface area contributed by atoms with Crippen molar-refractivity contribution < 1.29 is 30.4 Å². The molecule has 5 rings (SSSR count). The lowest BCUT2D eigenvalue weighted by Gasteiger charge is -2.23. The van der Waals surface area contributed by atoms with E-state index in [1.807, 2.05) is 18.2 Å². The first-order valence-corrected chi connectivity index (χ1v) is 12.6. The quantitative estimate of drug-likeness (QED) is 0.489. The molecule has 0 unspecified atom stereocenters. The molecule has 1 aromatic heterocycles. The van der Waals surface area contributed by atoms with Gasteiger partial charge in [0.05, 0.1) is 0 Å². The van der Waals surface area contributed by atoms with Gasteiger partial charge in [0, 0.05) is 17.2 Å². The Balaban J connectivity index is 1.34. The van der Waals surface area contributed by atoms with Crippen molar-refractivity contribution in [1.29, 1.82) is 0 Å². The number of rotatable bonds is 6. The fourth-order valence-corrected chi connectivity index (χ4v) is 6.16. The van der Waals surface area contributed by atoms with Crippen molar-refractivity contribution in [1.82, 2.24) is 19.6 Å². The van der Waals surface area contributed by atoms with Crippen molar-refractivity contribution in [2.45, 2.75) is 37.9 Å². The number of aromatic nitrogens is 2. The molecule has 35 heavy (non-hydrogen) atoms. The predicted molar refractivity (Wildman–Crippen MR) is 119 cm³/mol. The number of hydrogen-bond donors (Lipinski definition) is 2. The molecule has 1 saturated carbocycles. The van der Waals surface area contributed by atoms with E-state index in [4.69, 9.17) is 4.42 Å². The maximum atomic E-state index is 13.2. The fourth-order valence-electron chi connectivity index (χ4n) is 4.98. The van der Waals surface area contributed by atoms with Crippen LogP contribution in [-0.4, -0.2) is 37.4 Å². The summed E-state index contributed by atoms with van der Waals surface area (Å²) in [6, 6.07) is 11.0. The van der Waals surface area contributed by atoms with Crippen LogP contribution >= 0.6 is 0 Å². The Morgan fingerprint density at radius 3 is 2.17 bits per heavy atom. The molecule has 2 aromatic carbocycles. The molecular weight excluding hydrogens is 488 g/mol. The van der Waals surface area contributed by atoms with E-state index in [9.17, 15) is 26.0 Å². The molecule has 1 heterocycles. The fraction of sp³-hybridized carbons (Fsp3) is 0.391. The van der Waals surface area contributed by atoms with E-state index in [1.165, 1.54) is 12.1 Å². The van der Waals surface area contributed by atoms with Crippen molar-refractivity contribution in [2.75, 3.05) is 6.54 Å². The lowest BCUT2D eigenvalue weighted by molar-refractivity contribution is -0.121. The molecule has 1 fully saturated rings. The van der Waals surface area contributed by atoms with Gasteiger partial charge in [0.25, 0.3) is 10.2 Å². The van der Waals surface area contributed by atoms with E-state index in [2.05, 4.69) is 14.9 Å². The summed E-state index contributed by atoms with van der Waals surface area (Å²) in [4.78, 5) is 0. The zero-order chi connectivity index (χ0) is 24.8. The van der Waals surface area contributed by atoms with Gasteiger partial charge in [0.1, 0.15) is 12.4 Å².